The van der Waals surface area contributed by atoms with Gasteiger partial charge in [-0.3, -0.25) is 9.59 Å². The molecular formula is C19H21NO7. The summed E-state index contributed by atoms with van der Waals surface area (Å²) in [6.45, 7) is 0.617. The van der Waals surface area contributed by atoms with Crippen LogP contribution in [0.3, 0.4) is 0 Å². The van der Waals surface area contributed by atoms with E-state index in [9.17, 15) is 14.7 Å². The second-order valence-electron chi connectivity index (χ2n) is 6.97. The Morgan fingerprint density at radius 2 is 1.93 bits per heavy atom. The lowest BCUT2D eigenvalue weighted by Crippen LogP contribution is -2.39. The van der Waals surface area contributed by atoms with E-state index in [1.54, 1.807) is 23.1 Å². The van der Waals surface area contributed by atoms with E-state index in [2.05, 4.69) is 0 Å². The van der Waals surface area contributed by atoms with Gasteiger partial charge in [-0.2, -0.15) is 0 Å². The van der Waals surface area contributed by atoms with E-state index in [0.717, 1.165) is 5.56 Å². The molecule has 144 valence electrons. The first-order chi connectivity index (χ1) is 12.9. The maximum Gasteiger partial charge on any atom is 0.310 e. The van der Waals surface area contributed by atoms with Gasteiger partial charge < -0.3 is 29.0 Å². The Labute approximate surface area is 156 Å². The van der Waals surface area contributed by atoms with Crippen LogP contribution in [0, 0.1) is 11.8 Å². The van der Waals surface area contributed by atoms with Crippen molar-refractivity contribution >= 4 is 11.9 Å². The van der Waals surface area contributed by atoms with E-state index in [0.29, 0.717) is 30.3 Å². The highest BCUT2D eigenvalue weighted by molar-refractivity contribution is 5.90. The van der Waals surface area contributed by atoms with E-state index in [1.807, 2.05) is 6.08 Å². The fourth-order valence-electron chi connectivity index (χ4n) is 4.44. The number of carboxylic acid groups (broad SMARTS) is 1. The van der Waals surface area contributed by atoms with Crippen molar-refractivity contribution in [1.82, 2.24) is 4.90 Å². The molecule has 4 rings (SSSR count). The average Bonchev–Trinajstić information content (AvgIpc) is 3.29. The number of aliphatic carboxylic acids is 1. The largest absolute Gasteiger partial charge is 0.493 e. The van der Waals surface area contributed by atoms with Crippen molar-refractivity contribution < 1.29 is 33.6 Å². The van der Waals surface area contributed by atoms with Crippen LogP contribution in [0.15, 0.2) is 24.3 Å². The van der Waals surface area contributed by atoms with E-state index >= 15 is 0 Å². The maximum absolute atomic E-state index is 13.0. The summed E-state index contributed by atoms with van der Waals surface area (Å²) in [6, 6.07) is 3.56. The molecule has 8 heteroatoms. The van der Waals surface area contributed by atoms with Gasteiger partial charge in [0.25, 0.3) is 0 Å². The number of fused-ring (bicyclic) bond motifs is 1. The van der Waals surface area contributed by atoms with Crippen molar-refractivity contribution in [1.29, 1.82) is 0 Å². The van der Waals surface area contributed by atoms with Crippen molar-refractivity contribution in [2.24, 2.45) is 11.8 Å². The molecule has 3 aliphatic rings. The molecule has 3 aliphatic heterocycles. The molecule has 8 nitrogen and oxygen atoms in total. The zero-order chi connectivity index (χ0) is 19.3. The quantitative estimate of drug-likeness (QED) is 0.744. The Morgan fingerprint density at radius 3 is 2.48 bits per heavy atom. The molecule has 1 amide bonds. The predicted octanol–water partition coefficient (Wildman–Crippen LogP) is 1.08. The molecule has 0 saturated carbocycles. The van der Waals surface area contributed by atoms with Crippen LogP contribution in [0.25, 0.3) is 0 Å². The molecule has 0 aromatic heterocycles. The minimum Gasteiger partial charge on any atom is -0.493 e. The summed E-state index contributed by atoms with van der Waals surface area (Å²) in [5.41, 5.74) is -0.0505. The van der Waals surface area contributed by atoms with Gasteiger partial charge in [-0.15, -0.1) is 0 Å². The number of hydrogen-bond acceptors (Lipinski definition) is 6. The predicted molar refractivity (Wildman–Crippen MR) is 92.9 cm³/mol. The molecule has 4 atom stereocenters. The van der Waals surface area contributed by atoms with Crippen LogP contribution in [0.1, 0.15) is 5.56 Å². The Hall–Kier alpha value is -2.74. The number of hydrogen-bond donors (Lipinski definition) is 1. The molecular weight excluding hydrogens is 354 g/mol. The number of amides is 1. The van der Waals surface area contributed by atoms with Crippen LogP contribution < -0.4 is 14.2 Å². The van der Waals surface area contributed by atoms with Gasteiger partial charge in [0.05, 0.1) is 39.9 Å². The molecule has 1 N–H and O–H groups in total. The normalized spacial score (nSPS) is 30.6. The fourth-order valence-corrected chi connectivity index (χ4v) is 4.44. The van der Waals surface area contributed by atoms with Gasteiger partial charge in [0.1, 0.15) is 11.5 Å². The third-order valence-corrected chi connectivity index (χ3v) is 5.56. The van der Waals surface area contributed by atoms with Gasteiger partial charge in [0.2, 0.25) is 11.7 Å². The van der Waals surface area contributed by atoms with Crippen molar-refractivity contribution in [3.8, 4) is 17.2 Å². The molecule has 2 fully saturated rings. The van der Waals surface area contributed by atoms with Crippen molar-refractivity contribution in [3.63, 3.8) is 0 Å². The summed E-state index contributed by atoms with van der Waals surface area (Å²) in [6.07, 6.45) is 3.07. The lowest BCUT2D eigenvalue weighted by Gasteiger charge is -2.22. The lowest BCUT2D eigenvalue weighted by molar-refractivity contribution is -0.148. The molecule has 0 unspecified atom stereocenters. The summed E-state index contributed by atoms with van der Waals surface area (Å²) in [5, 5.41) is 9.54. The zero-order valence-corrected chi connectivity index (χ0v) is 15.3. The molecule has 0 aliphatic carbocycles. The molecule has 3 heterocycles. The number of carbonyl (C=O) groups excluding carboxylic acids is 1. The van der Waals surface area contributed by atoms with E-state index in [4.69, 9.17) is 18.9 Å². The van der Waals surface area contributed by atoms with Crippen LogP contribution in [-0.4, -0.2) is 61.5 Å². The van der Waals surface area contributed by atoms with Gasteiger partial charge >= 0.3 is 5.97 Å². The highest BCUT2D eigenvalue weighted by atomic mass is 16.5. The summed E-state index contributed by atoms with van der Waals surface area (Å²) in [7, 11) is 4.58. The van der Waals surface area contributed by atoms with Crippen LogP contribution >= 0.6 is 0 Å². The van der Waals surface area contributed by atoms with Crippen molar-refractivity contribution in [2.45, 2.75) is 18.2 Å². The van der Waals surface area contributed by atoms with E-state index in [-0.39, 0.29) is 5.91 Å². The van der Waals surface area contributed by atoms with Crippen molar-refractivity contribution in [3.05, 3.63) is 29.8 Å². The van der Waals surface area contributed by atoms with Crippen LogP contribution in [0.4, 0.5) is 0 Å². The second-order valence-corrected chi connectivity index (χ2v) is 6.97. The van der Waals surface area contributed by atoms with Gasteiger partial charge in [-0.1, -0.05) is 12.2 Å². The molecule has 1 aromatic rings. The molecule has 27 heavy (non-hydrogen) atoms. The summed E-state index contributed by atoms with van der Waals surface area (Å²) < 4.78 is 21.9. The number of nitrogens with zero attached hydrogens (tertiary/aromatic N) is 1. The minimum absolute atomic E-state index is 0.206. The summed E-state index contributed by atoms with van der Waals surface area (Å²) in [5.74, 6) is -1.26. The number of benzene rings is 1. The molecule has 2 bridgehead atoms. The number of ether oxygens (including phenoxy) is 4. The van der Waals surface area contributed by atoms with Gasteiger partial charge in [0, 0.05) is 6.54 Å². The van der Waals surface area contributed by atoms with Gasteiger partial charge in [0.15, 0.2) is 11.5 Å². The standard InChI is InChI=1S/C19H21NO7/c1-24-12-6-10(7-13(25-2)16(12)26-3)8-20-9-19-5-4-11(27-19)14(18(22)23)15(19)17(20)21/h4-7,11,14-15H,8-9H2,1-3H3,(H,22,23)/t11-,14-,15+,19-/m1/s1. The number of carboxylic acids is 1. The number of likely N-dealkylation sites (tertiary alicyclic amines) is 1. The highest BCUT2D eigenvalue weighted by Gasteiger charge is 2.66. The molecule has 0 radical (unpaired) electrons. The average molecular weight is 375 g/mol. The minimum atomic E-state index is -1.00. The van der Waals surface area contributed by atoms with Crippen molar-refractivity contribution in [2.75, 3.05) is 27.9 Å². The number of methoxy groups -OCH3 is 3. The fraction of sp³-hybridized carbons (Fsp3) is 0.474. The second kappa shape index (κ2) is 6.16. The first kappa shape index (κ1) is 17.7. The van der Waals surface area contributed by atoms with E-state index < -0.39 is 29.5 Å². The third kappa shape index (κ3) is 2.47. The van der Waals surface area contributed by atoms with Gasteiger partial charge in [-0.25, -0.2) is 0 Å². The Kier molecular flexibility index (Phi) is 4.03. The molecule has 1 spiro atoms. The summed E-state index contributed by atoms with van der Waals surface area (Å²) >= 11 is 0. The highest BCUT2D eigenvalue weighted by Crippen LogP contribution is 2.52. The first-order valence-electron chi connectivity index (χ1n) is 8.61. The Morgan fingerprint density at radius 1 is 1.26 bits per heavy atom. The number of rotatable bonds is 6. The topological polar surface area (TPSA) is 94.5 Å². The van der Waals surface area contributed by atoms with E-state index in [1.165, 1.54) is 21.3 Å². The van der Waals surface area contributed by atoms with Crippen LogP contribution in [0.2, 0.25) is 0 Å². The first-order valence-corrected chi connectivity index (χ1v) is 8.61. The smallest absolute Gasteiger partial charge is 0.310 e. The molecule has 2 saturated heterocycles. The Balaban J connectivity index is 1.63. The maximum atomic E-state index is 13.0. The Bertz CT molecular complexity index is 810. The molecule has 1 aromatic carbocycles. The summed E-state index contributed by atoms with van der Waals surface area (Å²) in [4.78, 5) is 26.3. The monoisotopic (exact) mass is 375 g/mol. The van der Waals surface area contributed by atoms with Crippen LogP contribution in [-0.2, 0) is 20.9 Å². The number of carbonyl (C=O) groups is 2. The zero-order valence-electron chi connectivity index (χ0n) is 15.3. The lowest BCUT2D eigenvalue weighted by atomic mass is 9.77. The van der Waals surface area contributed by atoms with Gasteiger partial charge in [-0.05, 0) is 17.7 Å². The van der Waals surface area contributed by atoms with Crippen LogP contribution in [0.5, 0.6) is 17.2 Å². The third-order valence-electron chi connectivity index (χ3n) is 5.56. The SMILES string of the molecule is COc1cc(CN2C[C@@]34C=C[C@@H](O3)[C@@H](C(=O)O)[C@H]4C2=O)cc(OC)c1OC.